The molecule has 0 fully saturated rings. The molecule has 152 valence electrons. The van der Waals surface area contributed by atoms with Crippen molar-refractivity contribution in [2.24, 2.45) is 0 Å². The fourth-order valence-corrected chi connectivity index (χ4v) is 3.32. The van der Waals surface area contributed by atoms with Crippen LogP contribution < -0.4 is 14.2 Å². The number of pyridine rings is 3. The number of methoxy groups -OCH3 is 2. The third-order valence-electron chi connectivity index (χ3n) is 5.15. The van der Waals surface area contributed by atoms with E-state index in [-0.39, 0.29) is 0 Å². The van der Waals surface area contributed by atoms with E-state index in [0.717, 1.165) is 39.0 Å². The van der Waals surface area contributed by atoms with Crippen molar-refractivity contribution in [2.45, 2.75) is 20.8 Å². The molecule has 0 aliphatic carbocycles. The minimum Gasteiger partial charge on any atom is -0.493 e. The van der Waals surface area contributed by atoms with Gasteiger partial charge in [0.15, 0.2) is 17.2 Å². The van der Waals surface area contributed by atoms with Crippen LogP contribution in [0, 0.1) is 20.8 Å². The van der Waals surface area contributed by atoms with E-state index in [4.69, 9.17) is 19.2 Å². The SMILES string of the molecule is COc1cc2nccc(Oc3cc(C)c(C)nc3-c3cnccc3C)c2cc1OC. The molecule has 0 unspecified atom stereocenters. The molecular weight excluding hydrogens is 378 g/mol. The van der Waals surface area contributed by atoms with Gasteiger partial charge < -0.3 is 14.2 Å². The maximum absolute atomic E-state index is 6.41. The Labute approximate surface area is 175 Å². The number of aromatic nitrogens is 3. The molecule has 4 rings (SSSR count). The Morgan fingerprint density at radius 2 is 1.53 bits per heavy atom. The summed E-state index contributed by atoms with van der Waals surface area (Å²) in [4.78, 5) is 13.5. The minimum absolute atomic E-state index is 0.615. The molecule has 0 spiro atoms. The highest BCUT2D eigenvalue weighted by molar-refractivity contribution is 5.88. The Morgan fingerprint density at radius 1 is 0.767 bits per heavy atom. The summed E-state index contributed by atoms with van der Waals surface area (Å²) in [5.74, 6) is 2.56. The molecule has 0 aliphatic rings. The molecule has 0 saturated heterocycles. The number of nitrogens with zero attached hydrogens (tertiary/aromatic N) is 3. The van der Waals surface area contributed by atoms with E-state index < -0.39 is 0 Å². The molecule has 0 N–H and O–H groups in total. The third kappa shape index (κ3) is 3.52. The number of aryl methyl sites for hydroxylation is 3. The van der Waals surface area contributed by atoms with Crippen LogP contribution in [0.2, 0.25) is 0 Å². The summed E-state index contributed by atoms with van der Waals surface area (Å²) in [5, 5.41) is 0.822. The van der Waals surface area contributed by atoms with Crippen molar-refractivity contribution in [3.63, 3.8) is 0 Å². The van der Waals surface area contributed by atoms with Crippen LogP contribution in [0.3, 0.4) is 0 Å². The van der Waals surface area contributed by atoms with Crippen molar-refractivity contribution >= 4 is 10.9 Å². The van der Waals surface area contributed by atoms with E-state index in [0.29, 0.717) is 23.0 Å². The highest BCUT2D eigenvalue weighted by Gasteiger charge is 2.17. The highest BCUT2D eigenvalue weighted by Crippen LogP contribution is 2.39. The summed E-state index contributed by atoms with van der Waals surface area (Å²) in [6.45, 7) is 6.05. The lowest BCUT2D eigenvalue weighted by Crippen LogP contribution is -1.99. The van der Waals surface area contributed by atoms with Gasteiger partial charge in [0.05, 0.1) is 19.7 Å². The quantitative estimate of drug-likeness (QED) is 0.444. The van der Waals surface area contributed by atoms with E-state index in [9.17, 15) is 0 Å². The van der Waals surface area contributed by atoms with E-state index in [1.165, 1.54) is 0 Å². The standard InChI is InChI=1S/C24H23N3O3/c1-14-6-8-25-13-18(14)24-23(10-15(2)16(3)27-24)30-20-7-9-26-19-12-22(29-5)21(28-4)11-17(19)20/h6-13H,1-5H3. The number of hydrogen-bond donors (Lipinski definition) is 0. The first-order valence-corrected chi connectivity index (χ1v) is 9.59. The average molecular weight is 401 g/mol. The van der Waals surface area contributed by atoms with Crippen LogP contribution >= 0.6 is 0 Å². The highest BCUT2D eigenvalue weighted by atomic mass is 16.5. The van der Waals surface area contributed by atoms with Gasteiger partial charge in [0.1, 0.15) is 11.4 Å². The van der Waals surface area contributed by atoms with Gasteiger partial charge in [-0.2, -0.15) is 0 Å². The van der Waals surface area contributed by atoms with Crippen LogP contribution in [0.4, 0.5) is 0 Å². The summed E-state index contributed by atoms with van der Waals surface area (Å²) in [7, 11) is 3.21. The largest absolute Gasteiger partial charge is 0.493 e. The average Bonchev–Trinajstić information content (AvgIpc) is 2.76. The monoisotopic (exact) mass is 401 g/mol. The molecular formula is C24H23N3O3. The maximum atomic E-state index is 6.41. The fraction of sp³-hybridized carbons (Fsp3) is 0.208. The Bertz CT molecular complexity index is 1240. The Morgan fingerprint density at radius 3 is 2.27 bits per heavy atom. The molecule has 0 bridgehead atoms. The topological polar surface area (TPSA) is 66.4 Å². The van der Waals surface area contributed by atoms with Gasteiger partial charge in [-0.3, -0.25) is 9.97 Å². The molecule has 6 heteroatoms. The molecule has 0 radical (unpaired) electrons. The van der Waals surface area contributed by atoms with Gasteiger partial charge in [-0.1, -0.05) is 0 Å². The first-order valence-electron chi connectivity index (χ1n) is 9.59. The molecule has 3 heterocycles. The van der Waals surface area contributed by atoms with Crippen LogP contribution in [0.5, 0.6) is 23.0 Å². The van der Waals surface area contributed by atoms with E-state index in [1.807, 2.05) is 57.3 Å². The van der Waals surface area contributed by atoms with Gasteiger partial charge >= 0.3 is 0 Å². The van der Waals surface area contributed by atoms with Crippen molar-refractivity contribution in [3.8, 4) is 34.3 Å². The summed E-state index contributed by atoms with van der Waals surface area (Å²) in [6, 6.07) is 9.53. The van der Waals surface area contributed by atoms with Crippen LogP contribution in [0.25, 0.3) is 22.2 Å². The molecule has 0 saturated carbocycles. The summed E-state index contributed by atoms with van der Waals surface area (Å²) in [5.41, 5.74) is 5.53. The second-order valence-electron chi connectivity index (χ2n) is 7.06. The lowest BCUT2D eigenvalue weighted by molar-refractivity contribution is 0.355. The zero-order valence-electron chi connectivity index (χ0n) is 17.7. The summed E-state index contributed by atoms with van der Waals surface area (Å²) >= 11 is 0. The third-order valence-corrected chi connectivity index (χ3v) is 5.15. The van der Waals surface area contributed by atoms with Crippen molar-refractivity contribution < 1.29 is 14.2 Å². The first kappa shape index (κ1) is 19.6. The molecule has 0 amide bonds. The van der Waals surface area contributed by atoms with E-state index >= 15 is 0 Å². The van der Waals surface area contributed by atoms with Crippen molar-refractivity contribution in [1.82, 2.24) is 15.0 Å². The zero-order chi connectivity index (χ0) is 21.3. The van der Waals surface area contributed by atoms with Crippen molar-refractivity contribution in [1.29, 1.82) is 0 Å². The van der Waals surface area contributed by atoms with Crippen LogP contribution in [-0.4, -0.2) is 29.2 Å². The normalized spacial score (nSPS) is 10.8. The number of hydrogen-bond acceptors (Lipinski definition) is 6. The van der Waals surface area contributed by atoms with Crippen LogP contribution in [-0.2, 0) is 0 Å². The molecule has 0 aliphatic heterocycles. The van der Waals surface area contributed by atoms with E-state index in [2.05, 4.69) is 9.97 Å². The molecule has 0 atom stereocenters. The summed E-state index contributed by atoms with van der Waals surface area (Å²) in [6.07, 6.45) is 5.31. The number of benzene rings is 1. The minimum atomic E-state index is 0.615. The fourth-order valence-electron chi connectivity index (χ4n) is 3.32. The van der Waals surface area contributed by atoms with Gasteiger partial charge in [-0.15, -0.1) is 0 Å². The Hall–Kier alpha value is -3.67. The predicted octanol–water partition coefficient (Wildman–Crippen LogP) is 5.43. The lowest BCUT2D eigenvalue weighted by Gasteiger charge is -2.16. The Balaban J connectivity index is 1.88. The van der Waals surface area contributed by atoms with Crippen LogP contribution in [0.1, 0.15) is 16.8 Å². The number of fused-ring (bicyclic) bond motifs is 1. The molecule has 4 aromatic rings. The maximum Gasteiger partial charge on any atom is 0.162 e. The first-order chi connectivity index (χ1) is 14.5. The predicted molar refractivity (Wildman–Crippen MR) is 117 cm³/mol. The van der Waals surface area contributed by atoms with Crippen molar-refractivity contribution in [3.05, 3.63) is 65.7 Å². The summed E-state index contributed by atoms with van der Waals surface area (Å²) < 4.78 is 17.3. The zero-order valence-corrected chi connectivity index (χ0v) is 17.7. The van der Waals surface area contributed by atoms with Gasteiger partial charge in [0, 0.05) is 41.3 Å². The smallest absolute Gasteiger partial charge is 0.162 e. The van der Waals surface area contributed by atoms with Gasteiger partial charge in [0.25, 0.3) is 0 Å². The number of rotatable bonds is 5. The Kier molecular flexibility index (Phi) is 5.23. The molecule has 30 heavy (non-hydrogen) atoms. The molecule has 1 aromatic carbocycles. The second kappa shape index (κ2) is 7.99. The number of ether oxygens (including phenoxy) is 3. The van der Waals surface area contributed by atoms with Gasteiger partial charge in [-0.05, 0) is 56.2 Å². The molecule has 3 aromatic heterocycles. The second-order valence-corrected chi connectivity index (χ2v) is 7.06. The van der Waals surface area contributed by atoms with Crippen LogP contribution in [0.15, 0.2) is 48.9 Å². The van der Waals surface area contributed by atoms with Crippen molar-refractivity contribution in [2.75, 3.05) is 14.2 Å². The van der Waals surface area contributed by atoms with Gasteiger partial charge in [-0.25, -0.2) is 4.98 Å². The lowest BCUT2D eigenvalue weighted by atomic mass is 10.1. The van der Waals surface area contributed by atoms with E-state index in [1.54, 1.807) is 26.6 Å². The molecule has 6 nitrogen and oxygen atoms in total. The van der Waals surface area contributed by atoms with Gasteiger partial charge in [0.2, 0.25) is 0 Å².